The molecule has 0 aliphatic heterocycles. The van der Waals surface area contributed by atoms with Crippen LogP contribution in [0.5, 0.6) is 5.88 Å². The smallest absolute Gasteiger partial charge is 0.216 e. The second-order valence-electron chi connectivity index (χ2n) is 3.98. The number of ether oxygens (including phenoxy) is 1. The van der Waals surface area contributed by atoms with E-state index in [4.69, 9.17) is 10.5 Å². The van der Waals surface area contributed by atoms with Crippen molar-refractivity contribution in [3.8, 4) is 5.88 Å². The zero-order valence-electron chi connectivity index (χ0n) is 9.82. The molecule has 1 heterocycles. The van der Waals surface area contributed by atoms with E-state index in [9.17, 15) is 0 Å². The van der Waals surface area contributed by atoms with E-state index in [1.807, 2.05) is 13.0 Å². The van der Waals surface area contributed by atoms with Crippen molar-refractivity contribution in [3.63, 3.8) is 0 Å². The van der Waals surface area contributed by atoms with Gasteiger partial charge in [-0.2, -0.15) is 4.98 Å². The average molecular weight is 209 g/mol. The van der Waals surface area contributed by atoms with E-state index in [0.717, 1.165) is 11.5 Å². The Hall–Kier alpha value is -1.16. The molecule has 0 spiro atoms. The van der Waals surface area contributed by atoms with Crippen LogP contribution in [0.1, 0.15) is 44.1 Å². The number of methoxy groups -OCH3 is 1. The Morgan fingerprint density at radius 3 is 2.47 bits per heavy atom. The van der Waals surface area contributed by atoms with Crippen molar-refractivity contribution in [2.45, 2.75) is 32.6 Å². The molecule has 0 radical (unpaired) electrons. The highest BCUT2D eigenvalue weighted by Gasteiger charge is 2.12. The molecular weight excluding hydrogens is 190 g/mol. The van der Waals surface area contributed by atoms with Gasteiger partial charge in [-0.1, -0.05) is 20.8 Å². The second kappa shape index (κ2) is 5.07. The highest BCUT2D eigenvalue weighted by Crippen LogP contribution is 2.19. The van der Waals surface area contributed by atoms with Gasteiger partial charge in [0.1, 0.15) is 5.82 Å². The molecule has 4 heteroatoms. The zero-order chi connectivity index (χ0) is 11.4. The van der Waals surface area contributed by atoms with Crippen LogP contribution in [0.25, 0.3) is 0 Å². The Balaban J connectivity index is 3.11. The van der Waals surface area contributed by atoms with Crippen molar-refractivity contribution in [2.75, 3.05) is 13.7 Å². The summed E-state index contributed by atoms with van der Waals surface area (Å²) in [4.78, 5) is 8.77. The molecule has 1 unspecified atom stereocenters. The molecule has 1 rings (SSSR count). The van der Waals surface area contributed by atoms with Crippen molar-refractivity contribution in [1.82, 2.24) is 9.97 Å². The Kier molecular flexibility index (Phi) is 4.03. The minimum Gasteiger partial charge on any atom is -0.481 e. The Morgan fingerprint density at radius 1 is 1.33 bits per heavy atom. The zero-order valence-corrected chi connectivity index (χ0v) is 9.82. The Bertz CT molecular complexity index is 326. The largest absolute Gasteiger partial charge is 0.481 e. The van der Waals surface area contributed by atoms with Crippen molar-refractivity contribution < 1.29 is 4.74 Å². The standard InChI is InChI=1S/C11H19N3O/c1-7(2)11-13-9(8(3)6-12)5-10(14-11)15-4/h5,7-8H,6,12H2,1-4H3. The molecule has 0 aromatic carbocycles. The number of hydrogen-bond donors (Lipinski definition) is 1. The fourth-order valence-electron chi connectivity index (χ4n) is 1.20. The van der Waals surface area contributed by atoms with Gasteiger partial charge in [0.2, 0.25) is 5.88 Å². The van der Waals surface area contributed by atoms with Crippen LogP contribution in [-0.2, 0) is 0 Å². The molecule has 0 saturated carbocycles. The van der Waals surface area contributed by atoms with Gasteiger partial charge in [0.15, 0.2) is 0 Å². The number of nitrogens with zero attached hydrogens (tertiary/aromatic N) is 2. The maximum Gasteiger partial charge on any atom is 0.216 e. The van der Waals surface area contributed by atoms with Gasteiger partial charge < -0.3 is 10.5 Å². The fourth-order valence-corrected chi connectivity index (χ4v) is 1.20. The van der Waals surface area contributed by atoms with Crippen molar-refractivity contribution >= 4 is 0 Å². The van der Waals surface area contributed by atoms with Crippen LogP contribution < -0.4 is 10.5 Å². The SMILES string of the molecule is COc1cc(C(C)CN)nc(C(C)C)n1. The lowest BCUT2D eigenvalue weighted by Crippen LogP contribution is -2.13. The van der Waals surface area contributed by atoms with Crippen molar-refractivity contribution in [2.24, 2.45) is 5.73 Å². The lowest BCUT2D eigenvalue weighted by Gasteiger charge is -2.12. The van der Waals surface area contributed by atoms with E-state index in [1.54, 1.807) is 7.11 Å². The molecule has 15 heavy (non-hydrogen) atoms. The van der Waals surface area contributed by atoms with E-state index >= 15 is 0 Å². The lowest BCUT2D eigenvalue weighted by atomic mass is 10.1. The first-order chi connectivity index (χ1) is 7.08. The van der Waals surface area contributed by atoms with E-state index in [1.165, 1.54) is 0 Å². The van der Waals surface area contributed by atoms with Crippen LogP contribution in [0.3, 0.4) is 0 Å². The number of nitrogens with two attached hydrogens (primary N) is 1. The lowest BCUT2D eigenvalue weighted by molar-refractivity contribution is 0.392. The van der Waals surface area contributed by atoms with Gasteiger partial charge in [-0.15, -0.1) is 0 Å². The van der Waals surface area contributed by atoms with Crippen LogP contribution in [0.2, 0.25) is 0 Å². The second-order valence-corrected chi connectivity index (χ2v) is 3.98. The third-order valence-corrected chi connectivity index (χ3v) is 2.32. The van der Waals surface area contributed by atoms with Crippen LogP contribution >= 0.6 is 0 Å². The highest BCUT2D eigenvalue weighted by molar-refractivity contribution is 5.20. The van der Waals surface area contributed by atoms with Crippen LogP contribution in [0.15, 0.2) is 6.07 Å². The molecule has 0 aliphatic rings. The average Bonchev–Trinajstić information content (AvgIpc) is 2.27. The summed E-state index contributed by atoms with van der Waals surface area (Å²) < 4.78 is 5.15. The summed E-state index contributed by atoms with van der Waals surface area (Å²) in [7, 11) is 1.61. The summed E-state index contributed by atoms with van der Waals surface area (Å²) in [6, 6.07) is 1.85. The Morgan fingerprint density at radius 2 is 2.00 bits per heavy atom. The van der Waals surface area contributed by atoms with Crippen LogP contribution in [-0.4, -0.2) is 23.6 Å². The van der Waals surface area contributed by atoms with Crippen molar-refractivity contribution in [3.05, 3.63) is 17.6 Å². The summed E-state index contributed by atoms with van der Waals surface area (Å²) in [6.07, 6.45) is 0. The first-order valence-corrected chi connectivity index (χ1v) is 5.21. The van der Waals surface area contributed by atoms with Gasteiger partial charge in [0.05, 0.1) is 12.8 Å². The molecular formula is C11H19N3O. The maximum atomic E-state index is 5.62. The van der Waals surface area contributed by atoms with Gasteiger partial charge in [-0.25, -0.2) is 4.98 Å². The van der Waals surface area contributed by atoms with Crippen LogP contribution in [0, 0.1) is 0 Å². The van der Waals surface area contributed by atoms with Gasteiger partial charge >= 0.3 is 0 Å². The first-order valence-electron chi connectivity index (χ1n) is 5.21. The normalized spacial score (nSPS) is 12.9. The number of hydrogen-bond acceptors (Lipinski definition) is 4. The first kappa shape index (κ1) is 11.9. The summed E-state index contributed by atoms with van der Waals surface area (Å²) in [5, 5.41) is 0. The molecule has 2 N–H and O–H groups in total. The molecule has 1 aromatic rings. The maximum absolute atomic E-state index is 5.62. The van der Waals surface area contributed by atoms with E-state index in [-0.39, 0.29) is 5.92 Å². The molecule has 4 nitrogen and oxygen atoms in total. The third kappa shape index (κ3) is 2.89. The molecule has 1 atom stereocenters. The summed E-state index contributed by atoms with van der Waals surface area (Å²) >= 11 is 0. The fraction of sp³-hybridized carbons (Fsp3) is 0.636. The monoisotopic (exact) mass is 209 g/mol. The topological polar surface area (TPSA) is 61.0 Å². The summed E-state index contributed by atoms with van der Waals surface area (Å²) in [5.41, 5.74) is 6.57. The van der Waals surface area contributed by atoms with E-state index in [0.29, 0.717) is 18.3 Å². The van der Waals surface area contributed by atoms with E-state index in [2.05, 4.69) is 23.8 Å². The summed E-state index contributed by atoms with van der Waals surface area (Å²) in [5.74, 6) is 1.96. The van der Waals surface area contributed by atoms with Gasteiger partial charge in [-0.05, 0) is 0 Å². The predicted octanol–water partition coefficient (Wildman–Crippen LogP) is 1.67. The number of aromatic nitrogens is 2. The minimum absolute atomic E-state index is 0.236. The number of rotatable bonds is 4. The molecule has 1 aromatic heterocycles. The molecule has 0 amide bonds. The quantitative estimate of drug-likeness (QED) is 0.819. The van der Waals surface area contributed by atoms with E-state index < -0.39 is 0 Å². The molecule has 0 bridgehead atoms. The van der Waals surface area contributed by atoms with Gasteiger partial charge in [0, 0.05) is 24.4 Å². The Labute approximate surface area is 90.9 Å². The molecule has 84 valence electrons. The van der Waals surface area contributed by atoms with Crippen LogP contribution in [0.4, 0.5) is 0 Å². The highest BCUT2D eigenvalue weighted by atomic mass is 16.5. The third-order valence-electron chi connectivity index (χ3n) is 2.32. The van der Waals surface area contributed by atoms with Gasteiger partial charge in [0.25, 0.3) is 0 Å². The summed E-state index contributed by atoms with van der Waals surface area (Å²) in [6.45, 7) is 6.75. The van der Waals surface area contributed by atoms with Crippen molar-refractivity contribution in [1.29, 1.82) is 0 Å². The molecule has 0 aliphatic carbocycles. The molecule has 0 saturated heterocycles. The minimum atomic E-state index is 0.236. The van der Waals surface area contributed by atoms with Gasteiger partial charge in [-0.3, -0.25) is 0 Å². The predicted molar refractivity (Wildman–Crippen MR) is 60.1 cm³/mol. The molecule has 0 fully saturated rings.